The number of piperidine rings is 1. The van der Waals surface area contributed by atoms with Crippen LogP contribution in [0.4, 0.5) is 0 Å². The molecule has 0 unspecified atom stereocenters. The van der Waals surface area contributed by atoms with Gasteiger partial charge >= 0.3 is 0 Å². The van der Waals surface area contributed by atoms with E-state index in [1.54, 1.807) is 12.3 Å². The lowest BCUT2D eigenvalue weighted by molar-refractivity contribution is -0.128. The first-order chi connectivity index (χ1) is 11.2. The molecule has 1 saturated carbocycles. The van der Waals surface area contributed by atoms with Gasteiger partial charge in [0.15, 0.2) is 0 Å². The van der Waals surface area contributed by atoms with Crippen molar-refractivity contribution in [2.24, 2.45) is 0 Å². The Morgan fingerprint density at radius 1 is 1.35 bits per heavy atom. The molecule has 0 bridgehead atoms. The molecular formula is C17H20N4O2. The van der Waals surface area contributed by atoms with Gasteiger partial charge in [-0.05, 0) is 37.8 Å². The normalized spacial score (nSPS) is 22.8. The fourth-order valence-electron chi connectivity index (χ4n) is 3.73. The Kier molecular flexibility index (Phi) is 3.41. The molecule has 1 amide bonds. The monoisotopic (exact) mass is 312 g/mol. The highest BCUT2D eigenvalue weighted by atomic mass is 16.2. The van der Waals surface area contributed by atoms with Crippen molar-refractivity contribution in [3.05, 3.63) is 46.5 Å². The first-order valence-corrected chi connectivity index (χ1v) is 8.18. The van der Waals surface area contributed by atoms with Gasteiger partial charge in [-0.2, -0.15) is 0 Å². The first-order valence-electron chi connectivity index (χ1n) is 8.18. The Balaban J connectivity index is 1.52. The van der Waals surface area contributed by atoms with Gasteiger partial charge in [-0.15, -0.1) is 0 Å². The molecule has 6 heteroatoms. The van der Waals surface area contributed by atoms with E-state index in [9.17, 15) is 9.59 Å². The Hall–Kier alpha value is -2.21. The number of aromatic nitrogens is 2. The molecule has 1 spiro atoms. The number of carbonyl (C=O) groups excluding carboxylic acids is 1. The molecular weight excluding hydrogens is 292 g/mol. The number of pyridine rings is 1. The third-order valence-electron chi connectivity index (χ3n) is 5.11. The Labute approximate surface area is 133 Å². The highest BCUT2D eigenvalue weighted by Gasteiger charge is 2.47. The molecule has 3 heterocycles. The summed E-state index contributed by atoms with van der Waals surface area (Å²) in [5, 5.41) is 6.69. The van der Waals surface area contributed by atoms with E-state index < -0.39 is 0 Å². The van der Waals surface area contributed by atoms with E-state index in [2.05, 4.69) is 15.6 Å². The molecule has 1 saturated heterocycles. The molecule has 4 rings (SSSR count). The molecule has 1 aliphatic heterocycles. The molecule has 6 nitrogen and oxygen atoms in total. The van der Waals surface area contributed by atoms with Crippen LogP contribution in [0.25, 0.3) is 5.65 Å². The fraction of sp³-hybridized carbons (Fsp3) is 0.471. The minimum absolute atomic E-state index is 0.0669. The van der Waals surface area contributed by atoms with Gasteiger partial charge in [0.05, 0.1) is 11.2 Å². The predicted molar refractivity (Wildman–Crippen MR) is 86.0 cm³/mol. The predicted octanol–water partition coefficient (Wildman–Crippen LogP) is 0.985. The zero-order chi connectivity index (χ0) is 15.9. The summed E-state index contributed by atoms with van der Waals surface area (Å²) >= 11 is 0. The van der Waals surface area contributed by atoms with Gasteiger partial charge < -0.3 is 10.6 Å². The lowest BCUT2D eigenvalue weighted by Gasteiger charge is -2.51. The van der Waals surface area contributed by atoms with Gasteiger partial charge in [-0.1, -0.05) is 6.07 Å². The number of amides is 1. The van der Waals surface area contributed by atoms with Crippen LogP contribution >= 0.6 is 0 Å². The zero-order valence-electron chi connectivity index (χ0n) is 12.9. The molecule has 2 fully saturated rings. The van der Waals surface area contributed by atoms with E-state index in [1.807, 2.05) is 18.2 Å². The smallest absolute Gasteiger partial charge is 0.258 e. The lowest BCUT2D eigenvalue weighted by atomic mass is 9.68. The third kappa shape index (κ3) is 2.53. The van der Waals surface area contributed by atoms with Crippen LogP contribution in [0.5, 0.6) is 0 Å². The number of carbonyl (C=O) groups is 1. The van der Waals surface area contributed by atoms with Crippen molar-refractivity contribution in [1.29, 1.82) is 0 Å². The van der Waals surface area contributed by atoms with Crippen LogP contribution in [0.2, 0.25) is 0 Å². The van der Waals surface area contributed by atoms with Gasteiger partial charge in [0, 0.05) is 31.3 Å². The van der Waals surface area contributed by atoms with E-state index >= 15 is 0 Å². The standard InChI is InChI=1S/C17H20N4O2/c22-15-6-5-13(17(20-15)7-3-8-17)18-11-12-10-16(23)21-9-2-1-4-14(21)19-12/h1-2,4,9-10,13,18H,3,5-8,11H2,(H,20,22)/t13-/m1/s1. The quantitative estimate of drug-likeness (QED) is 0.886. The van der Waals surface area contributed by atoms with Crippen molar-refractivity contribution in [2.45, 2.75) is 50.2 Å². The van der Waals surface area contributed by atoms with Crippen LogP contribution in [0.15, 0.2) is 35.3 Å². The fourth-order valence-corrected chi connectivity index (χ4v) is 3.73. The number of rotatable bonds is 3. The van der Waals surface area contributed by atoms with Crippen molar-refractivity contribution >= 4 is 11.6 Å². The molecule has 0 radical (unpaired) electrons. The highest BCUT2D eigenvalue weighted by molar-refractivity contribution is 5.78. The van der Waals surface area contributed by atoms with E-state index in [4.69, 9.17) is 0 Å². The molecule has 23 heavy (non-hydrogen) atoms. The summed E-state index contributed by atoms with van der Waals surface area (Å²) in [6.07, 6.45) is 6.36. The minimum atomic E-state index is -0.0821. The van der Waals surface area contributed by atoms with Crippen molar-refractivity contribution in [2.75, 3.05) is 0 Å². The maximum absolute atomic E-state index is 12.1. The number of hydrogen-bond donors (Lipinski definition) is 2. The average Bonchev–Trinajstić information content (AvgIpc) is 2.52. The van der Waals surface area contributed by atoms with Crippen LogP contribution in [0, 0.1) is 0 Å². The SMILES string of the molecule is O=C1CC[C@@H](NCc2cc(=O)n3ccccc3n2)C2(CCC2)N1. The molecule has 2 aromatic heterocycles. The van der Waals surface area contributed by atoms with Gasteiger partial charge in [0.2, 0.25) is 5.91 Å². The second-order valence-electron chi connectivity index (χ2n) is 6.54. The van der Waals surface area contributed by atoms with E-state index in [1.165, 1.54) is 4.40 Å². The number of hydrogen-bond acceptors (Lipinski definition) is 4. The van der Waals surface area contributed by atoms with E-state index in [-0.39, 0.29) is 23.0 Å². The van der Waals surface area contributed by atoms with Gasteiger partial charge in [0.1, 0.15) is 5.65 Å². The summed E-state index contributed by atoms with van der Waals surface area (Å²) < 4.78 is 1.54. The summed E-state index contributed by atoms with van der Waals surface area (Å²) in [4.78, 5) is 28.4. The third-order valence-corrected chi connectivity index (χ3v) is 5.11. The largest absolute Gasteiger partial charge is 0.349 e. The van der Waals surface area contributed by atoms with Crippen molar-refractivity contribution in [3.8, 4) is 0 Å². The van der Waals surface area contributed by atoms with Crippen molar-refractivity contribution in [3.63, 3.8) is 0 Å². The summed E-state index contributed by atoms with van der Waals surface area (Å²) in [5.41, 5.74) is 1.25. The Bertz CT molecular complexity index is 810. The summed E-state index contributed by atoms with van der Waals surface area (Å²) in [5.74, 6) is 0.157. The molecule has 120 valence electrons. The maximum atomic E-state index is 12.1. The summed E-state index contributed by atoms with van der Waals surface area (Å²) in [7, 11) is 0. The first kappa shape index (κ1) is 14.4. The second kappa shape index (κ2) is 5.45. The van der Waals surface area contributed by atoms with Crippen LogP contribution < -0.4 is 16.2 Å². The van der Waals surface area contributed by atoms with Gasteiger partial charge in [-0.3, -0.25) is 14.0 Å². The van der Waals surface area contributed by atoms with E-state index in [0.717, 1.165) is 31.4 Å². The van der Waals surface area contributed by atoms with Crippen LogP contribution in [-0.2, 0) is 11.3 Å². The molecule has 2 N–H and O–H groups in total. The molecule has 2 aliphatic rings. The minimum Gasteiger partial charge on any atom is -0.349 e. The Morgan fingerprint density at radius 3 is 3.00 bits per heavy atom. The van der Waals surface area contributed by atoms with E-state index in [0.29, 0.717) is 18.6 Å². The van der Waals surface area contributed by atoms with Gasteiger partial charge in [0.25, 0.3) is 5.56 Å². The number of fused-ring (bicyclic) bond motifs is 1. The summed E-state index contributed by atoms with van der Waals surface area (Å²) in [6.45, 7) is 0.545. The Morgan fingerprint density at radius 2 is 2.22 bits per heavy atom. The second-order valence-corrected chi connectivity index (χ2v) is 6.54. The lowest BCUT2D eigenvalue weighted by Crippen LogP contribution is -2.67. The topological polar surface area (TPSA) is 75.5 Å². The molecule has 0 aromatic carbocycles. The zero-order valence-corrected chi connectivity index (χ0v) is 12.9. The molecule has 1 aliphatic carbocycles. The van der Waals surface area contributed by atoms with Crippen molar-refractivity contribution < 1.29 is 4.79 Å². The molecule has 2 aromatic rings. The number of nitrogens with one attached hydrogen (secondary N) is 2. The van der Waals surface area contributed by atoms with Crippen LogP contribution in [0.1, 0.15) is 37.8 Å². The summed E-state index contributed by atoms with van der Waals surface area (Å²) in [6, 6.07) is 7.36. The van der Waals surface area contributed by atoms with Crippen LogP contribution in [-0.4, -0.2) is 26.9 Å². The van der Waals surface area contributed by atoms with Crippen LogP contribution in [0.3, 0.4) is 0 Å². The average molecular weight is 312 g/mol. The maximum Gasteiger partial charge on any atom is 0.258 e. The highest BCUT2D eigenvalue weighted by Crippen LogP contribution is 2.38. The molecule has 1 atom stereocenters. The van der Waals surface area contributed by atoms with Crippen molar-refractivity contribution in [1.82, 2.24) is 20.0 Å². The van der Waals surface area contributed by atoms with Gasteiger partial charge in [-0.25, -0.2) is 4.98 Å². The number of nitrogens with zero attached hydrogens (tertiary/aromatic N) is 2.